The number of rotatable bonds is 2. The van der Waals surface area contributed by atoms with Gasteiger partial charge in [0.25, 0.3) is 0 Å². The number of amides is 2. The molecule has 0 saturated carbocycles. The summed E-state index contributed by atoms with van der Waals surface area (Å²) in [4.78, 5) is 10.8. The van der Waals surface area contributed by atoms with Gasteiger partial charge in [-0.25, -0.2) is 15.6 Å². The number of guanidine groups is 1. The Kier molecular flexibility index (Phi) is 9.60. The molecule has 0 unspecified atom stereocenters. The molecule has 0 bridgehead atoms. The highest BCUT2D eigenvalue weighted by molar-refractivity contribution is 6.18. The minimum absolute atomic E-state index is 0. The largest absolute Gasteiger partial charge is 0.412 e. The number of nitrogens with zero attached hydrogens (tertiary/aromatic N) is 2. The van der Waals surface area contributed by atoms with Gasteiger partial charge in [-0.15, -0.1) is 12.4 Å². The van der Waals surface area contributed by atoms with Crippen molar-refractivity contribution in [2.24, 2.45) is 15.9 Å². The van der Waals surface area contributed by atoms with Crippen LogP contribution in [0.3, 0.4) is 0 Å². The van der Waals surface area contributed by atoms with E-state index in [1.165, 1.54) is 7.05 Å². The zero-order chi connectivity index (χ0) is 12.7. The van der Waals surface area contributed by atoms with Crippen LogP contribution in [-0.2, 0) is 0 Å². The SMILES string of the molecule is CNC(=O)NN=C1C=CC(=NNC(=N)N)C=C1.Cl.O. The summed E-state index contributed by atoms with van der Waals surface area (Å²) in [5, 5.41) is 16.9. The summed E-state index contributed by atoms with van der Waals surface area (Å²) in [6.45, 7) is 0. The van der Waals surface area contributed by atoms with Crippen molar-refractivity contribution in [1.29, 1.82) is 5.41 Å². The number of nitrogens with two attached hydrogens (primary N) is 1. The van der Waals surface area contributed by atoms with E-state index in [2.05, 4.69) is 26.4 Å². The molecule has 106 valence electrons. The van der Waals surface area contributed by atoms with Crippen molar-refractivity contribution in [2.45, 2.75) is 0 Å². The van der Waals surface area contributed by atoms with Crippen LogP contribution in [0.1, 0.15) is 0 Å². The predicted molar refractivity (Wildman–Crippen MR) is 76.7 cm³/mol. The van der Waals surface area contributed by atoms with E-state index >= 15 is 0 Å². The lowest BCUT2D eigenvalue weighted by Crippen LogP contribution is -2.29. The zero-order valence-electron chi connectivity index (χ0n) is 10.1. The van der Waals surface area contributed by atoms with E-state index < -0.39 is 6.03 Å². The van der Waals surface area contributed by atoms with Gasteiger partial charge in [-0.2, -0.15) is 10.2 Å². The van der Waals surface area contributed by atoms with Crippen molar-refractivity contribution >= 4 is 35.8 Å². The van der Waals surface area contributed by atoms with Crippen LogP contribution in [0.2, 0.25) is 0 Å². The van der Waals surface area contributed by atoms with E-state index in [4.69, 9.17) is 11.1 Å². The van der Waals surface area contributed by atoms with Crippen molar-refractivity contribution in [1.82, 2.24) is 16.2 Å². The molecule has 1 aliphatic carbocycles. The number of allylic oxidation sites excluding steroid dienone is 4. The van der Waals surface area contributed by atoms with Crippen molar-refractivity contribution in [3.8, 4) is 0 Å². The molecule has 0 saturated heterocycles. The molecule has 1 rings (SSSR count). The van der Waals surface area contributed by atoms with E-state index in [0.717, 1.165) is 0 Å². The second-order valence-corrected chi connectivity index (χ2v) is 2.96. The molecule has 0 aliphatic heterocycles. The highest BCUT2D eigenvalue weighted by Gasteiger charge is 2.00. The summed E-state index contributed by atoms with van der Waals surface area (Å²) >= 11 is 0. The third kappa shape index (κ3) is 7.52. The molecule has 0 heterocycles. The van der Waals surface area contributed by atoms with Crippen LogP contribution in [0.4, 0.5) is 4.79 Å². The van der Waals surface area contributed by atoms with Gasteiger partial charge in [0.15, 0.2) is 0 Å². The van der Waals surface area contributed by atoms with Gasteiger partial charge >= 0.3 is 6.03 Å². The van der Waals surface area contributed by atoms with Crippen LogP contribution in [0.15, 0.2) is 34.5 Å². The molecule has 2 amide bonds. The minimum Gasteiger partial charge on any atom is -0.412 e. The van der Waals surface area contributed by atoms with Crippen LogP contribution in [-0.4, -0.2) is 35.9 Å². The Labute approximate surface area is 115 Å². The topological polar surface area (TPSA) is 159 Å². The maximum Gasteiger partial charge on any atom is 0.334 e. The Balaban J connectivity index is 0. The molecule has 0 fully saturated rings. The van der Waals surface area contributed by atoms with E-state index in [-0.39, 0.29) is 23.8 Å². The molecule has 19 heavy (non-hydrogen) atoms. The molecule has 10 heteroatoms. The smallest absolute Gasteiger partial charge is 0.334 e. The highest BCUT2D eigenvalue weighted by Crippen LogP contribution is 1.96. The van der Waals surface area contributed by atoms with Crippen molar-refractivity contribution < 1.29 is 10.3 Å². The summed E-state index contributed by atoms with van der Waals surface area (Å²) in [5.74, 6) is -0.236. The minimum atomic E-state index is -0.392. The van der Waals surface area contributed by atoms with E-state index in [1.807, 2.05) is 0 Å². The van der Waals surface area contributed by atoms with Crippen LogP contribution in [0.5, 0.6) is 0 Å². The fraction of sp³-hybridized carbons (Fsp3) is 0.111. The Bertz CT molecular complexity index is 424. The molecule has 0 aromatic heterocycles. The molecule has 8 N–H and O–H groups in total. The summed E-state index contributed by atoms with van der Waals surface area (Å²) in [6, 6.07) is -0.392. The molecular weight excluding hydrogens is 274 g/mol. The Morgan fingerprint density at radius 1 is 1.16 bits per heavy atom. The second-order valence-electron chi connectivity index (χ2n) is 2.96. The number of hydrogen-bond donors (Lipinski definition) is 5. The van der Waals surface area contributed by atoms with Crippen molar-refractivity contribution in [3.63, 3.8) is 0 Å². The number of hydrazone groups is 2. The zero-order valence-corrected chi connectivity index (χ0v) is 10.9. The van der Waals surface area contributed by atoms with Crippen LogP contribution >= 0.6 is 12.4 Å². The van der Waals surface area contributed by atoms with Crippen LogP contribution in [0, 0.1) is 5.41 Å². The summed E-state index contributed by atoms with van der Waals surface area (Å²) in [5.41, 5.74) is 10.9. The average Bonchev–Trinajstić information content (AvgIpc) is 2.34. The van der Waals surface area contributed by atoms with Crippen molar-refractivity contribution in [2.75, 3.05) is 7.05 Å². The predicted octanol–water partition coefficient (Wildman–Crippen LogP) is -1.17. The monoisotopic (exact) mass is 289 g/mol. The normalized spacial score (nSPS) is 11.6. The lowest BCUT2D eigenvalue weighted by Gasteiger charge is -2.03. The molecular formula is C9H16ClN7O2. The van der Waals surface area contributed by atoms with Gasteiger partial charge in [-0.1, -0.05) is 0 Å². The fourth-order valence-corrected chi connectivity index (χ4v) is 0.898. The fourth-order valence-electron chi connectivity index (χ4n) is 0.898. The van der Waals surface area contributed by atoms with Gasteiger partial charge in [0, 0.05) is 7.05 Å². The van der Waals surface area contributed by atoms with Gasteiger partial charge in [0.05, 0.1) is 11.4 Å². The standard InChI is InChI=1S/C9H13N7O.ClH.H2O/c1-12-9(17)16-14-7-4-2-6(3-5-7)13-15-8(10)11;;/h2-5H,1H3,(H4,10,11,15)(H2,12,16,17);1H;1H2. The molecule has 0 radical (unpaired) electrons. The number of nitrogens with one attached hydrogen (secondary N) is 4. The lowest BCUT2D eigenvalue weighted by molar-refractivity contribution is 0.243. The van der Waals surface area contributed by atoms with E-state index in [9.17, 15) is 4.79 Å². The van der Waals surface area contributed by atoms with Gasteiger partial charge in [0.2, 0.25) is 5.96 Å². The average molecular weight is 290 g/mol. The van der Waals surface area contributed by atoms with Gasteiger partial charge in [-0.05, 0) is 24.3 Å². The Hall–Kier alpha value is -2.39. The van der Waals surface area contributed by atoms with E-state index in [0.29, 0.717) is 11.4 Å². The maximum absolute atomic E-state index is 10.8. The van der Waals surface area contributed by atoms with E-state index in [1.54, 1.807) is 24.3 Å². The third-order valence-electron chi connectivity index (χ3n) is 1.67. The van der Waals surface area contributed by atoms with Crippen molar-refractivity contribution in [3.05, 3.63) is 24.3 Å². The van der Waals surface area contributed by atoms with Gasteiger partial charge in [-0.3, -0.25) is 5.41 Å². The van der Waals surface area contributed by atoms with Gasteiger partial charge < -0.3 is 16.5 Å². The maximum atomic E-state index is 10.8. The highest BCUT2D eigenvalue weighted by atomic mass is 35.5. The summed E-state index contributed by atoms with van der Waals surface area (Å²) in [6.07, 6.45) is 6.66. The Morgan fingerprint density at radius 2 is 1.58 bits per heavy atom. The first-order chi connectivity index (χ1) is 8.11. The number of urea groups is 1. The molecule has 0 aromatic carbocycles. The number of hydrogen-bond acceptors (Lipinski definition) is 4. The Morgan fingerprint density at radius 3 is 1.95 bits per heavy atom. The van der Waals surface area contributed by atoms with Crippen LogP contribution < -0.4 is 21.9 Å². The van der Waals surface area contributed by atoms with Crippen LogP contribution in [0.25, 0.3) is 0 Å². The second kappa shape index (κ2) is 9.62. The first-order valence-corrected chi connectivity index (χ1v) is 4.71. The van der Waals surface area contributed by atoms with Gasteiger partial charge in [0.1, 0.15) is 0 Å². The number of carbonyl (C=O) groups excluding carboxylic acids is 1. The molecule has 0 atom stereocenters. The number of carbonyl (C=O) groups is 1. The third-order valence-corrected chi connectivity index (χ3v) is 1.67. The number of halogens is 1. The summed E-state index contributed by atoms with van der Waals surface area (Å²) in [7, 11) is 1.50. The lowest BCUT2D eigenvalue weighted by atomic mass is 10.1. The quantitative estimate of drug-likeness (QED) is 0.188. The first-order valence-electron chi connectivity index (χ1n) is 4.71. The summed E-state index contributed by atoms with van der Waals surface area (Å²) < 4.78 is 0. The molecule has 9 nitrogen and oxygen atoms in total. The molecule has 0 spiro atoms. The molecule has 0 aromatic rings. The first kappa shape index (κ1) is 19.0. The molecule has 1 aliphatic rings.